The molecule has 1 unspecified atom stereocenters. The highest BCUT2D eigenvalue weighted by molar-refractivity contribution is 7.18. The van der Waals surface area contributed by atoms with Gasteiger partial charge in [0.1, 0.15) is 17.4 Å². The van der Waals surface area contributed by atoms with Crippen molar-refractivity contribution in [1.82, 2.24) is 10.3 Å². The van der Waals surface area contributed by atoms with Crippen molar-refractivity contribution < 1.29 is 14.1 Å². The van der Waals surface area contributed by atoms with Crippen LogP contribution >= 0.6 is 11.3 Å². The Labute approximate surface area is 143 Å². The maximum absolute atomic E-state index is 13.5. The summed E-state index contributed by atoms with van der Waals surface area (Å²) >= 11 is 1.65. The predicted octanol–water partition coefficient (Wildman–Crippen LogP) is 1.77. The molecular weight excluding hydrogens is 325 g/mol. The van der Waals surface area contributed by atoms with E-state index in [4.69, 9.17) is 0 Å². The van der Waals surface area contributed by atoms with Crippen molar-refractivity contribution in [2.24, 2.45) is 0 Å². The van der Waals surface area contributed by atoms with Gasteiger partial charge in [0.2, 0.25) is 0 Å². The number of fused-ring (bicyclic) bond motifs is 1. The Bertz CT molecular complexity index is 816. The fraction of sp³-hybridized carbons (Fsp3) is 0.222. The van der Waals surface area contributed by atoms with Gasteiger partial charge in [0.05, 0.1) is 17.3 Å². The third kappa shape index (κ3) is 4.15. The van der Waals surface area contributed by atoms with Gasteiger partial charge in [0.15, 0.2) is 6.54 Å². The smallest absolute Gasteiger partial charge is 0.275 e. The van der Waals surface area contributed by atoms with E-state index in [1.165, 1.54) is 6.07 Å². The van der Waals surface area contributed by atoms with Gasteiger partial charge in [-0.1, -0.05) is 30.3 Å². The minimum Gasteiger partial charge on any atom is -0.347 e. The van der Waals surface area contributed by atoms with E-state index in [0.717, 1.165) is 20.1 Å². The Morgan fingerprint density at radius 3 is 2.75 bits per heavy atom. The van der Waals surface area contributed by atoms with Gasteiger partial charge >= 0.3 is 0 Å². The summed E-state index contributed by atoms with van der Waals surface area (Å²) in [6, 6.07) is 14.5. The second-order valence-corrected chi connectivity index (χ2v) is 6.87. The molecule has 6 heteroatoms. The first kappa shape index (κ1) is 16.5. The van der Waals surface area contributed by atoms with Crippen LogP contribution in [0.5, 0.6) is 0 Å². The van der Waals surface area contributed by atoms with Gasteiger partial charge in [-0.2, -0.15) is 0 Å². The van der Waals surface area contributed by atoms with Crippen LogP contribution < -0.4 is 10.2 Å². The molecule has 4 nitrogen and oxygen atoms in total. The molecular formula is C18H19FN3OS+. The van der Waals surface area contributed by atoms with E-state index >= 15 is 0 Å². The van der Waals surface area contributed by atoms with Crippen molar-refractivity contribution in [3.63, 3.8) is 0 Å². The van der Waals surface area contributed by atoms with Crippen LogP contribution in [0.25, 0.3) is 10.2 Å². The molecule has 1 heterocycles. The van der Waals surface area contributed by atoms with E-state index < -0.39 is 0 Å². The molecule has 0 radical (unpaired) electrons. The summed E-state index contributed by atoms with van der Waals surface area (Å²) in [5, 5.41) is 3.78. The summed E-state index contributed by atoms with van der Waals surface area (Å²) in [6.07, 6.45) is 0. The molecule has 1 amide bonds. The van der Waals surface area contributed by atoms with Crippen LogP contribution in [0.2, 0.25) is 0 Å². The molecule has 1 aromatic heterocycles. The van der Waals surface area contributed by atoms with E-state index in [2.05, 4.69) is 10.3 Å². The van der Waals surface area contributed by atoms with Crippen LogP contribution in [0.4, 0.5) is 4.39 Å². The van der Waals surface area contributed by atoms with Crippen LogP contribution in [0.1, 0.15) is 10.6 Å². The topological polar surface area (TPSA) is 46.4 Å². The minimum absolute atomic E-state index is 0.100. The normalized spacial score (nSPS) is 12.2. The predicted molar refractivity (Wildman–Crippen MR) is 93.3 cm³/mol. The van der Waals surface area contributed by atoms with Gasteiger partial charge in [0.25, 0.3) is 5.91 Å². The lowest BCUT2D eigenvalue weighted by atomic mass is 10.2. The van der Waals surface area contributed by atoms with Crippen LogP contribution in [0, 0.1) is 5.82 Å². The van der Waals surface area contributed by atoms with E-state index in [9.17, 15) is 9.18 Å². The van der Waals surface area contributed by atoms with Crippen molar-refractivity contribution in [2.45, 2.75) is 13.1 Å². The summed E-state index contributed by atoms with van der Waals surface area (Å²) in [6.45, 7) is 1.22. The molecule has 3 rings (SSSR count). The van der Waals surface area contributed by atoms with Gasteiger partial charge < -0.3 is 10.2 Å². The maximum atomic E-state index is 13.5. The largest absolute Gasteiger partial charge is 0.347 e. The molecule has 0 aliphatic carbocycles. The van der Waals surface area contributed by atoms with Crippen LogP contribution in [0.15, 0.2) is 48.5 Å². The highest BCUT2D eigenvalue weighted by Crippen LogP contribution is 2.20. The molecule has 0 fully saturated rings. The van der Waals surface area contributed by atoms with Crippen molar-refractivity contribution in [2.75, 3.05) is 13.6 Å². The van der Waals surface area contributed by atoms with Crippen molar-refractivity contribution in [3.05, 3.63) is 64.9 Å². The Balaban J connectivity index is 1.51. The van der Waals surface area contributed by atoms with Gasteiger partial charge in [0, 0.05) is 12.1 Å². The molecule has 0 aliphatic rings. The SMILES string of the molecule is C[NH+](CC(=O)NCc1ccccc1F)Cc1nc2ccccc2s1. The maximum Gasteiger partial charge on any atom is 0.275 e. The second-order valence-electron chi connectivity index (χ2n) is 5.75. The molecule has 0 saturated heterocycles. The number of hydrogen-bond acceptors (Lipinski definition) is 3. The zero-order valence-electron chi connectivity index (χ0n) is 13.4. The summed E-state index contributed by atoms with van der Waals surface area (Å²) in [5.74, 6) is -0.398. The average molecular weight is 344 g/mol. The van der Waals surface area contributed by atoms with Crippen LogP contribution in [0.3, 0.4) is 0 Å². The monoisotopic (exact) mass is 344 g/mol. The lowest BCUT2D eigenvalue weighted by molar-refractivity contribution is -0.885. The molecule has 24 heavy (non-hydrogen) atoms. The molecule has 0 spiro atoms. The summed E-state index contributed by atoms with van der Waals surface area (Å²) in [5.41, 5.74) is 1.49. The molecule has 0 bridgehead atoms. The van der Waals surface area contributed by atoms with E-state index in [1.54, 1.807) is 29.5 Å². The molecule has 1 atom stereocenters. The number of carbonyl (C=O) groups is 1. The quantitative estimate of drug-likeness (QED) is 0.716. The first-order valence-electron chi connectivity index (χ1n) is 7.77. The zero-order chi connectivity index (χ0) is 16.9. The van der Waals surface area contributed by atoms with Gasteiger partial charge in [-0.15, -0.1) is 11.3 Å². The number of carbonyl (C=O) groups excluding carboxylic acids is 1. The highest BCUT2D eigenvalue weighted by Gasteiger charge is 2.13. The van der Waals surface area contributed by atoms with E-state index in [0.29, 0.717) is 18.7 Å². The van der Waals surface area contributed by atoms with Gasteiger partial charge in [-0.3, -0.25) is 4.79 Å². The Kier molecular flexibility index (Phi) is 5.17. The van der Waals surface area contributed by atoms with E-state index in [-0.39, 0.29) is 18.3 Å². The van der Waals surface area contributed by atoms with Gasteiger partial charge in [-0.25, -0.2) is 9.37 Å². The third-order valence-corrected chi connectivity index (χ3v) is 4.72. The van der Waals surface area contributed by atoms with E-state index in [1.807, 2.05) is 31.3 Å². The van der Waals surface area contributed by atoms with Crippen molar-refractivity contribution >= 4 is 27.5 Å². The number of hydrogen-bond donors (Lipinski definition) is 2. The number of amides is 1. The summed E-state index contributed by atoms with van der Waals surface area (Å²) in [7, 11) is 1.95. The minimum atomic E-state index is -0.298. The number of likely N-dealkylation sites (N-methyl/N-ethyl adjacent to an activating group) is 1. The first-order chi connectivity index (χ1) is 11.6. The van der Waals surface area contributed by atoms with Crippen molar-refractivity contribution in [1.29, 1.82) is 0 Å². The number of quaternary nitrogens is 1. The molecule has 3 aromatic rings. The molecule has 2 aromatic carbocycles. The number of halogens is 1. The van der Waals surface area contributed by atoms with Crippen molar-refractivity contribution in [3.8, 4) is 0 Å². The number of benzene rings is 2. The van der Waals surface area contributed by atoms with Crippen LogP contribution in [-0.2, 0) is 17.9 Å². The number of aromatic nitrogens is 1. The molecule has 124 valence electrons. The molecule has 2 N–H and O–H groups in total. The number of nitrogens with zero attached hydrogens (tertiary/aromatic N) is 1. The number of para-hydroxylation sites is 1. The fourth-order valence-electron chi connectivity index (χ4n) is 2.49. The first-order valence-corrected chi connectivity index (χ1v) is 8.59. The summed E-state index contributed by atoms with van der Waals surface area (Å²) in [4.78, 5) is 17.7. The number of thiazole rings is 1. The highest BCUT2D eigenvalue weighted by atomic mass is 32.1. The third-order valence-electron chi connectivity index (χ3n) is 3.69. The fourth-order valence-corrected chi connectivity index (χ4v) is 3.57. The lowest BCUT2D eigenvalue weighted by Crippen LogP contribution is -3.08. The Hall–Kier alpha value is -2.31. The van der Waals surface area contributed by atoms with Gasteiger partial charge in [-0.05, 0) is 18.2 Å². The second kappa shape index (κ2) is 7.51. The molecule has 0 aliphatic heterocycles. The summed E-state index contributed by atoms with van der Waals surface area (Å²) < 4.78 is 14.7. The zero-order valence-corrected chi connectivity index (χ0v) is 14.2. The number of rotatable bonds is 6. The average Bonchev–Trinajstić information content (AvgIpc) is 2.96. The molecule has 0 saturated carbocycles. The standard InChI is InChI=1S/C18H18FN3OS/c1-22(12-18-21-15-8-4-5-9-16(15)24-18)11-17(23)20-10-13-6-2-3-7-14(13)19/h2-9H,10-12H2,1H3,(H,20,23)/p+1. The Morgan fingerprint density at radius 1 is 1.21 bits per heavy atom. The lowest BCUT2D eigenvalue weighted by Gasteiger charge is -2.12. The van der Waals surface area contributed by atoms with Crippen LogP contribution in [-0.4, -0.2) is 24.5 Å². The number of nitrogens with one attached hydrogen (secondary N) is 2. The Morgan fingerprint density at radius 2 is 1.96 bits per heavy atom.